The first kappa shape index (κ1) is 31.4. The number of alkyl halides is 2. The second-order valence-electron chi connectivity index (χ2n) is 11.9. The Labute approximate surface area is 244 Å². The summed E-state index contributed by atoms with van der Waals surface area (Å²) in [6.45, 7) is 5.75. The van der Waals surface area contributed by atoms with E-state index in [2.05, 4.69) is 20.5 Å². The zero-order valence-electron chi connectivity index (χ0n) is 24.0. The summed E-state index contributed by atoms with van der Waals surface area (Å²) in [6.07, 6.45) is 0.446. The fourth-order valence-electron chi connectivity index (χ4n) is 5.04. The van der Waals surface area contributed by atoms with E-state index in [0.29, 0.717) is 36.0 Å². The Morgan fingerprint density at radius 3 is 2.36 bits per heavy atom. The van der Waals surface area contributed by atoms with Crippen molar-refractivity contribution in [3.63, 3.8) is 0 Å². The second kappa shape index (κ2) is 12.3. The van der Waals surface area contributed by atoms with Gasteiger partial charge in [-0.05, 0) is 54.5 Å². The zero-order valence-corrected chi connectivity index (χ0v) is 24.8. The summed E-state index contributed by atoms with van der Waals surface area (Å²) >= 11 is 0. The van der Waals surface area contributed by atoms with E-state index in [0.717, 1.165) is 0 Å². The molecule has 1 aliphatic rings. The van der Waals surface area contributed by atoms with Crippen LogP contribution in [0.15, 0.2) is 53.4 Å². The lowest BCUT2D eigenvalue weighted by Gasteiger charge is -2.30. The van der Waals surface area contributed by atoms with E-state index in [1.807, 2.05) is 12.1 Å². The fourth-order valence-corrected chi connectivity index (χ4v) is 6.07. The maximum absolute atomic E-state index is 13.7. The SMILES string of the molecule is CC(C)(C)C(NC(=O)c1nn(CC2CCC(F)(F)CC2)c2ccccc12)C(=O)NCCNS(=O)(=O)c1ccc(N)cc1. The van der Waals surface area contributed by atoms with Crippen molar-refractivity contribution < 1.29 is 26.8 Å². The molecule has 0 saturated heterocycles. The number of nitrogen functional groups attached to an aromatic ring is 1. The number of hydrogen-bond donors (Lipinski definition) is 4. The highest BCUT2D eigenvalue weighted by atomic mass is 32.2. The Kier molecular flexibility index (Phi) is 9.21. The molecule has 3 aromatic rings. The molecule has 5 N–H and O–H groups in total. The van der Waals surface area contributed by atoms with Crippen molar-refractivity contribution in [3.05, 3.63) is 54.2 Å². The predicted molar refractivity (Wildman–Crippen MR) is 156 cm³/mol. The number of carbonyl (C=O) groups excluding carboxylic acids is 2. The number of benzene rings is 2. The lowest BCUT2D eigenvalue weighted by Crippen LogP contribution is -2.54. The number of halogens is 2. The molecule has 1 heterocycles. The first-order valence-electron chi connectivity index (χ1n) is 13.9. The lowest BCUT2D eigenvalue weighted by molar-refractivity contribution is -0.125. The monoisotopic (exact) mass is 604 g/mol. The Hall–Kier alpha value is -3.58. The number of nitrogens with zero attached hydrogens (tertiary/aromatic N) is 2. The Morgan fingerprint density at radius 2 is 1.71 bits per heavy atom. The number of hydrogen-bond acceptors (Lipinski definition) is 6. The molecule has 0 spiro atoms. The molecule has 1 saturated carbocycles. The molecule has 1 atom stereocenters. The Bertz CT molecular complexity index is 1520. The standard InChI is InChI=1S/C29H38F2N6O4S/c1-28(2,3)25(27(39)33-16-17-34-42(40,41)21-10-8-20(32)9-11-21)35-26(38)24-22-6-4-5-7-23(22)37(36-24)18-19-12-14-29(30,31)15-13-19/h4-11,19,25,34H,12-18,32H2,1-3H3,(H,33,39)(H,35,38). The van der Waals surface area contributed by atoms with Crippen molar-refractivity contribution in [2.24, 2.45) is 11.3 Å². The molecule has 13 heteroatoms. The third-order valence-electron chi connectivity index (χ3n) is 7.45. The highest BCUT2D eigenvalue weighted by Gasteiger charge is 2.36. The van der Waals surface area contributed by atoms with Crippen molar-refractivity contribution in [1.29, 1.82) is 0 Å². The molecular weight excluding hydrogens is 566 g/mol. The van der Waals surface area contributed by atoms with E-state index in [1.54, 1.807) is 37.6 Å². The van der Waals surface area contributed by atoms with Crippen LogP contribution in [0.5, 0.6) is 0 Å². The van der Waals surface area contributed by atoms with Crippen LogP contribution in [0.2, 0.25) is 0 Å². The van der Waals surface area contributed by atoms with E-state index < -0.39 is 39.2 Å². The summed E-state index contributed by atoms with van der Waals surface area (Å²) in [5, 5.41) is 10.6. The normalized spacial score (nSPS) is 16.7. The van der Waals surface area contributed by atoms with Gasteiger partial charge < -0.3 is 16.4 Å². The van der Waals surface area contributed by atoms with Gasteiger partial charge in [0.2, 0.25) is 21.9 Å². The lowest BCUT2D eigenvalue weighted by atomic mass is 9.86. The van der Waals surface area contributed by atoms with Gasteiger partial charge in [0, 0.05) is 43.5 Å². The van der Waals surface area contributed by atoms with Crippen molar-refractivity contribution in [2.75, 3.05) is 18.8 Å². The number of nitrogens with two attached hydrogens (primary N) is 1. The summed E-state index contributed by atoms with van der Waals surface area (Å²) in [7, 11) is -3.79. The van der Waals surface area contributed by atoms with Gasteiger partial charge in [0.15, 0.2) is 5.69 Å². The van der Waals surface area contributed by atoms with Gasteiger partial charge in [0.25, 0.3) is 5.91 Å². The number of para-hydroxylation sites is 1. The van der Waals surface area contributed by atoms with Crippen molar-refractivity contribution in [3.8, 4) is 0 Å². The molecular formula is C29H38F2N6O4S. The Balaban J connectivity index is 1.41. The Morgan fingerprint density at radius 1 is 1.07 bits per heavy atom. The van der Waals surface area contributed by atoms with Gasteiger partial charge in [-0.2, -0.15) is 5.10 Å². The molecule has 0 bridgehead atoms. The molecule has 10 nitrogen and oxygen atoms in total. The summed E-state index contributed by atoms with van der Waals surface area (Å²) in [5.74, 6) is -3.62. The molecule has 4 rings (SSSR count). The number of nitrogens with one attached hydrogen (secondary N) is 3. The van der Waals surface area contributed by atoms with Crippen LogP contribution in [-0.2, 0) is 21.4 Å². The molecule has 0 radical (unpaired) electrons. The molecule has 0 aliphatic heterocycles. The van der Waals surface area contributed by atoms with Crippen LogP contribution in [0, 0.1) is 11.3 Å². The van der Waals surface area contributed by atoms with Crippen LogP contribution in [0.3, 0.4) is 0 Å². The van der Waals surface area contributed by atoms with Crippen LogP contribution < -0.4 is 21.1 Å². The summed E-state index contributed by atoms with van der Waals surface area (Å²) in [5.41, 5.74) is 6.22. The minimum atomic E-state index is -3.79. The molecule has 1 aliphatic carbocycles. The number of amides is 2. The highest BCUT2D eigenvalue weighted by molar-refractivity contribution is 7.89. The average molecular weight is 605 g/mol. The second-order valence-corrected chi connectivity index (χ2v) is 13.6. The molecule has 1 fully saturated rings. The van der Waals surface area contributed by atoms with E-state index in [9.17, 15) is 26.8 Å². The van der Waals surface area contributed by atoms with Crippen molar-refractivity contribution in [2.45, 2.75) is 69.9 Å². The highest BCUT2D eigenvalue weighted by Crippen LogP contribution is 2.37. The van der Waals surface area contributed by atoms with E-state index >= 15 is 0 Å². The van der Waals surface area contributed by atoms with Gasteiger partial charge in [-0.3, -0.25) is 14.3 Å². The first-order valence-corrected chi connectivity index (χ1v) is 15.4. The largest absolute Gasteiger partial charge is 0.399 e. The fraction of sp³-hybridized carbons (Fsp3) is 0.483. The minimum absolute atomic E-state index is 0.00647. The number of aromatic nitrogens is 2. The van der Waals surface area contributed by atoms with Gasteiger partial charge >= 0.3 is 0 Å². The van der Waals surface area contributed by atoms with Gasteiger partial charge in [-0.25, -0.2) is 21.9 Å². The van der Waals surface area contributed by atoms with Gasteiger partial charge in [-0.15, -0.1) is 0 Å². The molecule has 2 amide bonds. The van der Waals surface area contributed by atoms with Crippen LogP contribution in [0.4, 0.5) is 14.5 Å². The van der Waals surface area contributed by atoms with Gasteiger partial charge in [0.05, 0.1) is 10.4 Å². The topological polar surface area (TPSA) is 148 Å². The van der Waals surface area contributed by atoms with Crippen LogP contribution in [0.25, 0.3) is 10.9 Å². The average Bonchev–Trinajstić information content (AvgIpc) is 3.29. The molecule has 42 heavy (non-hydrogen) atoms. The third-order valence-corrected chi connectivity index (χ3v) is 8.93. The number of fused-ring (bicyclic) bond motifs is 1. The van der Waals surface area contributed by atoms with E-state index in [-0.39, 0.29) is 42.4 Å². The zero-order chi connectivity index (χ0) is 30.7. The molecule has 1 aromatic heterocycles. The number of sulfonamides is 1. The van der Waals surface area contributed by atoms with Crippen molar-refractivity contribution in [1.82, 2.24) is 25.1 Å². The molecule has 1 unspecified atom stereocenters. The summed E-state index contributed by atoms with van der Waals surface area (Å²) in [6, 6.07) is 12.0. The van der Waals surface area contributed by atoms with Gasteiger partial charge in [-0.1, -0.05) is 39.0 Å². The van der Waals surface area contributed by atoms with Crippen LogP contribution in [0.1, 0.15) is 56.9 Å². The molecule has 228 valence electrons. The molecule has 2 aromatic carbocycles. The number of rotatable bonds is 10. The maximum Gasteiger partial charge on any atom is 0.273 e. The smallest absolute Gasteiger partial charge is 0.273 e. The summed E-state index contributed by atoms with van der Waals surface area (Å²) < 4.78 is 56.4. The minimum Gasteiger partial charge on any atom is -0.399 e. The third kappa shape index (κ3) is 7.62. The van der Waals surface area contributed by atoms with E-state index in [1.165, 1.54) is 24.3 Å². The summed E-state index contributed by atoms with van der Waals surface area (Å²) in [4.78, 5) is 26.7. The predicted octanol–water partition coefficient (Wildman–Crippen LogP) is 3.68. The van der Waals surface area contributed by atoms with Crippen molar-refractivity contribution >= 4 is 38.4 Å². The quantitative estimate of drug-likeness (QED) is 0.205. The van der Waals surface area contributed by atoms with E-state index in [4.69, 9.17) is 5.73 Å². The van der Waals surface area contributed by atoms with Crippen LogP contribution in [-0.4, -0.2) is 55.1 Å². The first-order chi connectivity index (χ1) is 19.7. The van der Waals surface area contributed by atoms with Gasteiger partial charge in [0.1, 0.15) is 6.04 Å². The number of carbonyl (C=O) groups is 2. The van der Waals surface area contributed by atoms with Crippen LogP contribution >= 0.6 is 0 Å². The number of anilines is 1. The maximum atomic E-state index is 13.7.